The van der Waals surface area contributed by atoms with Crippen LogP contribution in [-0.4, -0.2) is 22.9 Å². The summed E-state index contributed by atoms with van der Waals surface area (Å²) >= 11 is 0. The number of benzene rings is 1. The molecule has 1 aliphatic carbocycles. The molecule has 0 spiro atoms. The largest absolute Gasteiger partial charge is 0.491 e. The minimum Gasteiger partial charge on any atom is -0.491 e. The van der Waals surface area contributed by atoms with E-state index in [1.807, 2.05) is 31.2 Å². The van der Waals surface area contributed by atoms with Gasteiger partial charge >= 0.3 is 0 Å². The number of hydrogen-bond acceptors (Lipinski definition) is 3. The van der Waals surface area contributed by atoms with Crippen LogP contribution in [0.25, 0.3) is 0 Å². The Morgan fingerprint density at radius 2 is 1.80 bits per heavy atom. The van der Waals surface area contributed by atoms with E-state index in [2.05, 4.69) is 0 Å². The molecule has 1 aromatic rings. The zero-order valence-electron chi connectivity index (χ0n) is 12.3. The fourth-order valence-corrected chi connectivity index (χ4v) is 2.91. The SMILES string of the molecule is CC[C@@H](O)c1ccc(OCC(O)CC2CCCC2)cc1. The molecule has 2 rings (SSSR count). The minimum atomic E-state index is -0.406. The van der Waals surface area contributed by atoms with Gasteiger partial charge in [0.2, 0.25) is 0 Å². The summed E-state index contributed by atoms with van der Waals surface area (Å²) in [5.41, 5.74) is 0.909. The van der Waals surface area contributed by atoms with Crippen LogP contribution in [0, 0.1) is 5.92 Å². The van der Waals surface area contributed by atoms with Gasteiger partial charge in [-0.05, 0) is 36.5 Å². The van der Waals surface area contributed by atoms with Crippen LogP contribution in [-0.2, 0) is 0 Å². The molecule has 1 saturated carbocycles. The van der Waals surface area contributed by atoms with Gasteiger partial charge in [-0.25, -0.2) is 0 Å². The second-order valence-electron chi connectivity index (χ2n) is 5.84. The van der Waals surface area contributed by atoms with Crippen LogP contribution in [0.2, 0.25) is 0 Å². The quantitative estimate of drug-likeness (QED) is 0.803. The predicted molar refractivity (Wildman–Crippen MR) is 79.8 cm³/mol. The van der Waals surface area contributed by atoms with Crippen molar-refractivity contribution < 1.29 is 14.9 Å². The van der Waals surface area contributed by atoms with E-state index in [9.17, 15) is 10.2 Å². The molecule has 20 heavy (non-hydrogen) atoms. The van der Waals surface area contributed by atoms with Gasteiger partial charge in [-0.2, -0.15) is 0 Å². The highest BCUT2D eigenvalue weighted by Gasteiger charge is 2.19. The summed E-state index contributed by atoms with van der Waals surface area (Å²) in [6.45, 7) is 2.31. The lowest BCUT2D eigenvalue weighted by molar-refractivity contribution is 0.0855. The van der Waals surface area contributed by atoms with Crippen LogP contribution in [0.4, 0.5) is 0 Å². The molecular weight excluding hydrogens is 252 g/mol. The molecule has 2 N–H and O–H groups in total. The fourth-order valence-electron chi connectivity index (χ4n) is 2.91. The highest BCUT2D eigenvalue weighted by atomic mass is 16.5. The molecule has 0 bridgehead atoms. The zero-order chi connectivity index (χ0) is 14.4. The Balaban J connectivity index is 1.75. The van der Waals surface area contributed by atoms with E-state index in [-0.39, 0.29) is 6.10 Å². The van der Waals surface area contributed by atoms with Gasteiger partial charge in [0.05, 0.1) is 12.2 Å². The monoisotopic (exact) mass is 278 g/mol. The van der Waals surface area contributed by atoms with Gasteiger partial charge in [-0.1, -0.05) is 44.7 Å². The molecule has 0 heterocycles. The summed E-state index contributed by atoms with van der Waals surface area (Å²) in [6.07, 6.45) is 5.89. The highest BCUT2D eigenvalue weighted by molar-refractivity contribution is 5.28. The average molecular weight is 278 g/mol. The van der Waals surface area contributed by atoms with E-state index >= 15 is 0 Å². The van der Waals surface area contributed by atoms with E-state index in [1.165, 1.54) is 25.7 Å². The van der Waals surface area contributed by atoms with Crippen molar-refractivity contribution in [3.8, 4) is 5.75 Å². The van der Waals surface area contributed by atoms with Crippen LogP contribution in [0.1, 0.15) is 57.1 Å². The Bertz CT molecular complexity index is 382. The van der Waals surface area contributed by atoms with Crippen molar-refractivity contribution in [1.29, 1.82) is 0 Å². The van der Waals surface area contributed by atoms with E-state index in [0.717, 1.165) is 17.7 Å². The molecule has 112 valence electrons. The van der Waals surface area contributed by atoms with Gasteiger partial charge < -0.3 is 14.9 Å². The summed E-state index contributed by atoms with van der Waals surface area (Å²) in [5.74, 6) is 1.43. The number of rotatable bonds is 7. The fraction of sp³-hybridized carbons (Fsp3) is 0.647. The molecule has 1 aliphatic rings. The lowest BCUT2D eigenvalue weighted by Gasteiger charge is -2.16. The second-order valence-corrected chi connectivity index (χ2v) is 5.84. The van der Waals surface area contributed by atoms with E-state index in [1.54, 1.807) is 0 Å². The third kappa shape index (κ3) is 4.50. The van der Waals surface area contributed by atoms with Gasteiger partial charge in [-0.15, -0.1) is 0 Å². The Kier molecular flexibility index (Phi) is 5.86. The molecule has 0 radical (unpaired) electrons. The lowest BCUT2D eigenvalue weighted by Crippen LogP contribution is -2.20. The summed E-state index contributed by atoms with van der Waals surface area (Å²) in [4.78, 5) is 0. The maximum Gasteiger partial charge on any atom is 0.119 e. The molecular formula is C17H26O3. The maximum atomic E-state index is 9.99. The molecule has 1 aromatic carbocycles. The molecule has 0 aromatic heterocycles. The normalized spacial score (nSPS) is 18.9. The first-order chi connectivity index (χ1) is 9.69. The average Bonchev–Trinajstić information content (AvgIpc) is 2.97. The third-order valence-electron chi connectivity index (χ3n) is 4.17. The number of hydrogen-bond donors (Lipinski definition) is 2. The number of ether oxygens (including phenoxy) is 1. The van der Waals surface area contributed by atoms with E-state index in [4.69, 9.17) is 4.74 Å². The smallest absolute Gasteiger partial charge is 0.119 e. The van der Waals surface area contributed by atoms with E-state index < -0.39 is 6.10 Å². The van der Waals surface area contributed by atoms with Gasteiger partial charge in [0, 0.05) is 0 Å². The van der Waals surface area contributed by atoms with Crippen molar-refractivity contribution in [2.45, 2.75) is 57.7 Å². The number of aliphatic hydroxyl groups excluding tert-OH is 2. The topological polar surface area (TPSA) is 49.7 Å². The van der Waals surface area contributed by atoms with Crippen molar-refractivity contribution in [3.05, 3.63) is 29.8 Å². The lowest BCUT2D eigenvalue weighted by atomic mass is 10.0. The zero-order valence-corrected chi connectivity index (χ0v) is 12.3. The van der Waals surface area contributed by atoms with Crippen molar-refractivity contribution in [1.82, 2.24) is 0 Å². The van der Waals surface area contributed by atoms with Crippen molar-refractivity contribution in [3.63, 3.8) is 0 Å². The molecule has 3 heteroatoms. The Morgan fingerprint density at radius 3 is 2.40 bits per heavy atom. The van der Waals surface area contributed by atoms with Crippen LogP contribution in [0.3, 0.4) is 0 Å². The Hall–Kier alpha value is -1.06. The first-order valence-corrected chi connectivity index (χ1v) is 7.78. The maximum absolute atomic E-state index is 9.99. The van der Waals surface area contributed by atoms with Gasteiger partial charge in [-0.3, -0.25) is 0 Å². The van der Waals surface area contributed by atoms with Gasteiger partial charge in [0.15, 0.2) is 0 Å². The molecule has 2 atom stereocenters. The second kappa shape index (κ2) is 7.65. The van der Waals surface area contributed by atoms with Gasteiger partial charge in [0.1, 0.15) is 12.4 Å². The summed E-state index contributed by atoms with van der Waals surface area (Å²) in [6, 6.07) is 7.48. The van der Waals surface area contributed by atoms with Crippen molar-refractivity contribution in [2.24, 2.45) is 5.92 Å². The first-order valence-electron chi connectivity index (χ1n) is 7.78. The molecule has 1 fully saturated rings. The Morgan fingerprint density at radius 1 is 1.15 bits per heavy atom. The minimum absolute atomic E-state index is 0.353. The molecule has 0 amide bonds. The van der Waals surface area contributed by atoms with Crippen LogP contribution < -0.4 is 4.74 Å². The molecule has 0 saturated heterocycles. The standard InChI is InChI=1S/C17H26O3/c1-2-17(19)14-7-9-16(10-8-14)20-12-15(18)11-13-5-3-4-6-13/h7-10,13,15,17-19H,2-6,11-12H2,1H3/t15?,17-/m1/s1. The van der Waals surface area contributed by atoms with E-state index in [0.29, 0.717) is 18.9 Å². The van der Waals surface area contributed by atoms with Crippen LogP contribution in [0.5, 0.6) is 5.75 Å². The molecule has 3 nitrogen and oxygen atoms in total. The predicted octanol–water partition coefficient (Wildman–Crippen LogP) is 3.45. The number of aliphatic hydroxyl groups is 2. The first kappa shape index (κ1) is 15.3. The van der Waals surface area contributed by atoms with Gasteiger partial charge in [0.25, 0.3) is 0 Å². The van der Waals surface area contributed by atoms with Crippen molar-refractivity contribution in [2.75, 3.05) is 6.61 Å². The molecule has 1 unspecified atom stereocenters. The summed E-state index contributed by atoms with van der Waals surface area (Å²) < 4.78 is 5.61. The van der Waals surface area contributed by atoms with Crippen LogP contribution in [0.15, 0.2) is 24.3 Å². The summed E-state index contributed by atoms with van der Waals surface area (Å²) in [7, 11) is 0. The summed E-state index contributed by atoms with van der Waals surface area (Å²) in [5, 5.41) is 19.7. The van der Waals surface area contributed by atoms with Crippen LogP contribution >= 0.6 is 0 Å². The highest BCUT2D eigenvalue weighted by Crippen LogP contribution is 2.28. The molecule has 0 aliphatic heterocycles. The Labute approximate surface area is 121 Å². The van der Waals surface area contributed by atoms with Crippen molar-refractivity contribution >= 4 is 0 Å². The third-order valence-corrected chi connectivity index (χ3v) is 4.17.